The van der Waals surface area contributed by atoms with Gasteiger partial charge in [0, 0.05) is 0 Å². The van der Waals surface area contributed by atoms with Gasteiger partial charge in [0.1, 0.15) is 0 Å². The molecule has 7 heteroatoms. The molecule has 4 nitrogen and oxygen atoms in total. The molecule has 0 aliphatic rings. The van der Waals surface area contributed by atoms with E-state index in [1.54, 1.807) is 30.3 Å². The fourth-order valence-electron chi connectivity index (χ4n) is 1.74. The van der Waals surface area contributed by atoms with Crippen LogP contribution in [0.5, 0.6) is 0 Å². The largest absolute Gasteiger partial charge is 0.392 e. The fraction of sp³-hybridized carbons (Fsp3) is 0.143. The number of anilines is 1. The van der Waals surface area contributed by atoms with Gasteiger partial charge in [0.15, 0.2) is 0 Å². The number of rotatable bonds is 5. The molecule has 0 saturated heterocycles. The van der Waals surface area contributed by atoms with Crippen LogP contribution in [0.15, 0.2) is 42.5 Å². The average molecular weight is 346 g/mol. The molecule has 0 saturated carbocycles. The summed E-state index contributed by atoms with van der Waals surface area (Å²) in [6.07, 6.45) is 0. The Bertz CT molecular complexity index is 730. The first-order valence-corrected chi connectivity index (χ1v) is 8.45. The first-order valence-electron chi connectivity index (χ1n) is 6.04. The number of benzene rings is 2. The predicted octanol–water partition coefficient (Wildman–Crippen LogP) is 3.43. The van der Waals surface area contributed by atoms with Crippen LogP contribution in [-0.2, 0) is 22.4 Å². The quantitative estimate of drug-likeness (QED) is 0.872. The summed E-state index contributed by atoms with van der Waals surface area (Å²) in [6.45, 7) is -0.0748. The molecule has 0 aromatic heterocycles. The van der Waals surface area contributed by atoms with Crippen molar-refractivity contribution in [1.29, 1.82) is 0 Å². The maximum Gasteiger partial charge on any atom is 0.236 e. The van der Waals surface area contributed by atoms with Gasteiger partial charge in [-0.3, -0.25) is 4.72 Å². The first kappa shape index (κ1) is 16.1. The molecule has 0 atom stereocenters. The Balaban J connectivity index is 2.12. The van der Waals surface area contributed by atoms with Gasteiger partial charge in [0.25, 0.3) is 0 Å². The van der Waals surface area contributed by atoms with Crippen LogP contribution in [0.25, 0.3) is 0 Å². The van der Waals surface area contributed by atoms with Gasteiger partial charge in [-0.05, 0) is 29.3 Å². The van der Waals surface area contributed by atoms with Crippen molar-refractivity contribution in [2.45, 2.75) is 12.4 Å². The standard InChI is InChI=1S/C14H13Cl2NO3S/c15-13-6-5-12(7-14(13)16)17-21(19,20)9-11-3-1-10(8-18)2-4-11/h1-7,17-18H,8-9H2. The van der Waals surface area contributed by atoms with Crippen molar-refractivity contribution >= 4 is 38.9 Å². The lowest BCUT2D eigenvalue weighted by Crippen LogP contribution is -2.15. The van der Waals surface area contributed by atoms with Gasteiger partial charge >= 0.3 is 0 Å². The highest BCUT2D eigenvalue weighted by Crippen LogP contribution is 2.25. The Morgan fingerprint density at radius 1 is 0.952 bits per heavy atom. The molecule has 2 aromatic rings. The summed E-state index contributed by atoms with van der Waals surface area (Å²) >= 11 is 11.6. The van der Waals surface area contributed by atoms with E-state index in [0.29, 0.717) is 16.3 Å². The molecule has 0 amide bonds. The van der Waals surface area contributed by atoms with E-state index < -0.39 is 10.0 Å². The fourth-order valence-corrected chi connectivity index (χ4v) is 3.22. The van der Waals surface area contributed by atoms with Gasteiger partial charge in [-0.2, -0.15) is 0 Å². The van der Waals surface area contributed by atoms with E-state index in [2.05, 4.69) is 4.72 Å². The van der Waals surface area contributed by atoms with Gasteiger partial charge in [-0.15, -0.1) is 0 Å². The normalized spacial score (nSPS) is 11.4. The Hall–Kier alpha value is -1.27. The second kappa shape index (κ2) is 6.66. The van der Waals surface area contributed by atoms with Gasteiger partial charge < -0.3 is 5.11 Å². The minimum atomic E-state index is -3.55. The summed E-state index contributed by atoms with van der Waals surface area (Å²) in [4.78, 5) is 0. The molecule has 2 rings (SSSR count). The zero-order chi connectivity index (χ0) is 15.5. The summed E-state index contributed by atoms with van der Waals surface area (Å²) in [7, 11) is -3.55. The molecule has 0 aliphatic heterocycles. The second-order valence-corrected chi connectivity index (χ2v) is 7.00. The molecule has 112 valence electrons. The van der Waals surface area contributed by atoms with E-state index in [1.165, 1.54) is 12.1 Å². The molecule has 2 aromatic carbocycles. The van der Waals surface area contributed by atoms with Crippen LogP contribution in [0.3, 0.4) is 0 Å². The smallest absolute Gasteiger partial charge is 0.236 e. The molecular weight excluding hydrogens is 333 g/mol. The van der Waals surface area contributed by atoms with Crippen molar-refractivity contribution < 1.29 is 13.5 Å². The number of halogens is 2. The Kier molecular flexibility index (Phi) is 5.11. The van der Waals surface area contributed by atoms with Crippen LogP contribution >= 0.6 is 23.2 Å². The summed E-state index contributed by atoms with van der Waals surface area (Å²) in [5.74, 6) is -0.168. The van der Waals surface area contributed by atoms with Gasteiger partial charge in [0.05, 0.1) is 28.1 Å². The molecule has 0 unspecified atom stereocenters. The summed E-state index contributed by atoms with van der Waals surface area (Å²) in [5, 5.41) is 9.59. The van der Waals surface area contributed by atoms with E-state index in [-0.39, 0.29) is 17.4 Å². The molecule has 2 N–H and O–H groups in total. The number of hydrogen-bond donors (Lipinski definition) is 2. The molecule has 0 fully saturated rings. The van der Waals surface area contributed by atoms with Gasteiger partial charge in [-0.1, -0.05) is 47.5 Å². The number of hydrogen-bond acceptors (Lipinski definition) is 3. The highest BCUT2D eigenvalue weighted by molar-refractivity contribution is 7.91. The number of aliphatic hydroxyl groups is 1. The first-order chi connectivity index (χ1) is 9.89. The highest BCUT2D eigenvalue weighted by atomic mass is 35.5. The Morgan fingerprint density at radius 3 is 2.14 bits per heavy atom. The van der Waals surface area contributed by atoms with Crippen molar-refractivity contribution in [2.75, 3.05) is 4.72 Å². The maximum absolute atomic E-state index is 12.1. The van der Waals surface area contributed by atoms with Gasteiger partial charge in [-0.25, -0.2) is 8.42 Å². The highest BCUT2D eigenvalue weighted by Gasteiger charge is 2.12. The van der Waals surface area contributed by atoms with E-state index >= 15 is 0 Å². The third-order valence-corrected chi connectivity index (χ3v) is 4.75. The second-order valence-electron chi connectivity index (χ2n) is 4.46. The van der Waals surface area contributed by atoms with Crippen LogP contribution < -0.4 is 4.72 Å². The maximum atomic E-state index is 12.1. The van der Waals surface area contributed by atoms with Gasteiger partial charge in [0.2, 0.25) is 10.0 Å². The Morgan fingerprint density at radius 2 is 1.57 bits per heavy atom. The van der Waals surface area contributed by atoms with Crippen molar-refractivity contribution in [3.8, 4) is 0 Å². The van der Waals surface area contributed by atoms with Crippen LogP contribution in [0.2, 0.25) is 10.0 Å². The number of aliphatic hydroxyl groups excluding tert-OH is 1. The molecule has 0 spiro atoms. The van der Waals surface area contributed by atoms with E-state index in [9.17, 15) is 8.42 Å². The minimum absolute atomic E-state index is 0.0748. The number of nitrogens with one attached hydrogen (secondary N) is 1. The molecular formula is C14H13Cl2NO3S. The summed E-state index contributed by atoms with van der Waals surface area (Å²) < 4.78 is 26.6. The van der Waals surface area contributed by atoms with E-state index in [1.807, 2.05) is 0 Å². The van der Waals surface area contributed by atoms with Crippen LogP contribution in [0, 0.1) is 0 Å². The van der Waals surface area contributed by atoms with E-state index in [4.69, 9.17) is 28.3 Å². The third kappa shape index (κ3) is 4.61. The SMILES string of the molecule is O=S(=O)(Cc1ccc(CO)cc1)Nc1ccc(Cl)c(Cl)c1. The number of sulfonamides is 1. The lowest BCUT2D eigenvalue weighted by molar-refractivity contribution is 0.282. The minimum Gasteiger partial charge on any atom is -0.392 e. The third-order valence-electron chi connectivity index (χ3n) is 2.76. The Labute approximate surface area is 133 Å². The van der Waals surface area contributed by atoms with Crippen molar-refractivity contribution in [2.24, 2.45) is 0 Å². The zero-order valence-electron chi connectivity index (χ0n) is 10.9. The molecule has 0 aliphatic carbocycles. The molecule has 0 heterocycles. The van der Waals surface area contributed by atoms with Crippen LogP contribution in [0.4, 0.5) is 5.69 Å². The van der Waals surface area contributed by atoms with Crippen molar-refractivity contribution in [3.63, 3.8) is 0 Å². The zero-order valence-corrected chi connectivity index (χ0v) is 13.2. The lowest BCUT2D eigenvalue weighted by Gasteiger charge is -2.09. The van der Waals surface area contributed by atoms with E-state index in [0.717, 1.165) is 5.56 Å². The monoisotopic (exact) mass is 345 g/mol. The summed E-state index contributed by atoms with van der Waals surface area (Å²) in [6, 6.07) is 11.2. The summed E-state index contributed by atoms with van der Waals surface area (Å²) in [5.41, 5.74) is 1.71. The van der Waals surface area contributed by atoms with Crippen molar-refractivity contribution in [3.05, 3.63) is 63.6 Å². The molecule has 0 bridgehead atoms. The average Bonchev–Trinajstić information content (AvgIpc) is 2.43. The van der Waals surface area contributed by atoms with Crippen LogP contribution in [-0.4, -0.2) is 13.5 Å². The van der Waals surface area contributed by atoms with Crippen molar-refractivity contribution in [1.82, 2.24) is 0 Å². The predicted molar refractivity (Wildman–Crippen MR) is 85.1 cm³/mol. The topological polar surface area (TPSA) is 66.4 Å². The molecule has 0 radical (unpaired) electrons. The lowest BCUT2D eigenvalue weighted by atomic mass is 10.2. The van der Waals surface area contributed by atoms with Crippen LogP contribution in [0.1, 0.15) is 11.1 Å². The molecule has 21 heavy (non-hydrogen) atoms.